The Morgan fingerprint density at radius 2 is 2.33 bits per heavy atom. The third-order valence-corrected chi connectivity index (χ3v) is 2.99. The summed E-state index contributed by atoms with van der Waals surface area (Å²) in [5, 5.41) is 7.59. The van der Waals surface area contributed by atoms with E-state index in [0.717, 1.165) is 18.4 Å². The molecule has 0 aromatic carbocycles. The highest BCUT2D eigenvalue weighted by molar-refractivity contribution is 5.77. The monoisotopic (exact) mass is 251 g/mol. The van der Waals surface area contributed by atoms with Crippen molar-refractivity contribution in [1.29, 1.82) is 0 Å². The Balaban J connectivity index is 2.12. The van der Waals surface area contributed by atoms with Crippen LogP contribution in [-0.4, -0.2) is 28.4 Å². The van der Waals surface area contributed by atoms with Crippen LogP contribution in [0.4, 0.5) is 0 Å². The number of aromatic nitrogens is 2. The van der Waals surface area contributed by atoms with Gasteiger partial charge in [-0.25, -0.2) is 4.79 Å². The third kappa shape index (κ3) is 3.10. The first-order chi connectivity index (χ1) is 8.61. The van der Waals surface area contributed by atoms with Crippen LogP contribution in [-0.2, 0) is 9.53 Å². The summed E-state index contributed by atoms with van der Waals surface area (Å²) in [6, 6.07) is 0.356. The Morgan fingerprint density at radius 1 is 1.61 bits per heavy atom. The highest BCUT2D eigenvalue weighted by Crippen LogP contribution is 2.25. The van der Waals surface area contributed by atoms with Crippen LogP contribution >= 0.6 is 0 Å². The van der Waals surface area contributed by atoms with Crippen LogP contribution in [0, 0.1) is 0 Å². The van der Waals surface area contributed by atoms with Crippen molar-refractivity contribution in [3.8, 4) is 0 Å². The molecule has 0 radical (unpaired) electrons. The zero-order chi connectivity index (χ0) is 13.1. The maximum atomic E-state index is 12.0. The van der Waals surface area contributed by atoms with E-state index >= 15 is 0 Å². The van der Waals surface area contributed by atoms with Crippen molar-refractivity contribution in [3.63, 3.8) is 0 Å². The average molecular weight is 251 g/mol. The number of ether oxygens (including phenoxy) is 1. The molecule has 1 aromatic heterocycles. The molecule has 100 valence electrons. The molecule has 18 heavy (non-hydrogen) atoms. The van der Waals surface area contributed by atoms with Crippen LogP contribution in [0.1, 0.15) is 51.3 Å². The topological polar surface area (TPSA) is 56.1 Å². The summed E-state index contributed by atoms with van der Waals surface area (Å²) in [6.45, 7) is 6.35. The van der Waals surface area contributed by atoms with Gasteiger partial charge in [0.25, 0.3) is 0 Å². The fraction of sp³-hybridized carbons (Fsp3) is 0.692. The van der Waals surface area contributed by atoms with Crippen LogP contribution < -0.4 is 5.32 Å². The van der Waals surface area contributed by atoms with Crippen LogP contribution in [0.5, 0.6) is 0 Å². The molecular formula is C13H21N3O2. The largest absolute Gasteiger partial charge is 0.465 e. The molecule has 1 aliphatic rings. The molecule has 1 heterocycles. The first-order valence-electron chi connectivity index (χ1n) is 6.58. The molecule has 1 N–H and O–H groups in total. The SMILES string of the molecule is CCOC(=O)C(NC1CC1)c1cnn(C(C)C)c1. The highest BCUT2D eigenvalue weighted by Gasteiger charge is 2.31. The molecule has 0 spiro atoms. The number of carbonyl (C=O) groups is 1. The van der Waals surface area contributed by atoms with E-state index in [1.165, 1.54) is 0 Å². The number of hydrogen-bond donors (Lipinski definition) is 1. The maximum Gasteiger partial charge on any atom is 0.327 e. The Bertz CT molecular complexity index is 410. The second-order valence-corrected chi connectivity index (χ2v) is 4.97. The van der Waals surface area contributed by atoms with Gasteiger partial charge in [-0.3, -0.25) is 10.00 Å². The number of hydrogen-bond acceptors (Lipinski definition) is 4. The summed E-state index contributed by atoms with van der Waals surface area (Å²) < 4.78 is 6.98. The fourth-order valence-electron chi connectivity index (χ4n) is 1.80. The molecule has 2 rings (SSSR count). The quantitative estimate of drug-likeness (QED) is 0.784. The normalized spacial score (nSPS) is 16.9. The van der Waals surface area contributed by atoms with Crippen molar-refractivity contribution in [2.45, 2.75) is 51.7 Å². The van der Waals surface area contributed by atoms with Gasteiger partial charge in [-0.2, -0.15) is 5.10 Å². The van der Waals surface area contributed by atoms with E-state index in [1.807, 2.05) is 17.8 Å². The number of rotatable bonds is 6. The second-order valence-electron chi connectivity index (χ2n) is 4.97. The van der Waals surface area contributed by atoms with Gasteiger partial charge in [-0.15, -0.1) is 0 Å². The van der Waals surface area contributed by atoms with Gasteiger partial charge in [0, 0.05) is 23.8 Å². The maximum absolute atomic E-state index is 12.0. The molecule has 1 unspecified atom stereocenters. The first kappa shape index (κ1) is 13.1. The minimum atomic E-state index is -0.384. The lowest BCUT2D eigenvalue weighted by atomic mass is 10.1. The molecule has 5 nitrogen and oxygen atoms in total. The second kappa shape index (κ2) is 5.52. The van der Waals surface area contributed by atoms with Crippen molar-refractivity contribution in [2.24, 2.45) is 0 Å². The van der Waals surface area contributed by atoms with E-state index in [0.29, 0.717) is 18.7 Å². The lowest BCUT2D eigenvalue weighted by Gasteiger charge is -2.15. The van der Waals surface area contributed by atoms with Gasteiger partial charge >= 0.3 is 5.97 Å². The molecular weight excluding hydrogens is 230 g/mol. The third-order valence-electron chi connectivity index (χ3n) is 2.99. The summed E-state index contributed by atoms with van der Waals surface area (Å²) in [6.07, 6.45) is 5.93. The lowest BCUT2D eigenvalue weighted by Crippen LogP contribution is -2.31. The lowest BCUT2D eigenvalue weighted by molar-refractivity contribution is -0.145. The minimum Gasteiger partial charge on any atom is -0.465 e. The summed E-state index contributed by atoms with van der Waals surface area (Å²) in [4.78, 5) is 12.0. The summed E-state index contributed by atoms with van der Waals surface area (Å²) in [7, 11) is 0. The summed E-state index contributed by atoms with van der Waals surface area (Å²) in [5.41, 5.74) is 0.883. The first-order valence-corrected chi connectivity index (χ1v) is 6.58. The van der Waals surface area contributed by atoms with Gasteiger partial charge < -0.3 is 4.74 Å². The van der Waals surface area contributed by atoms with Crippen LogP contribution in [0.3, 0.4) is 0 Å². The van der Waals surface area contributed by atoms with E-state index in [1.54, 1.807) is 6.20 Å². The minimum absolute atomic E-state index is 0.215. The van der Waals surface area contributed by atoms with Crippen LogP contribution in [0.25, 0.3) is 0 Å². The Morgan fingerprint density at radius 3 is 2.83 bits per heavy atom. The fourth-order valence-corrected chi connectivity index (χ4v) is 1.80. The Kier molecular flexibility index (Phi) is 4.01. The molecule has 1 aromatic rings. The molecule has 0 bridgehead atoms. The molecule has 1 fully saturated rings. The van der Waals surface area contributed by atoms with Crippen molar-refractivity contribution >= 4 is 5.97 Å². The molecule has 0 saturated heterocycles. The smallest absolute Gasteiger partial charge is 0.327 e. The predicted octanol–water partition coefficient (Wildman–Crippen LogP) is 1.82. The highest BCUT2D eigenvalue weighted by atomic mass is 16.5. The average Bonchev–Trinajstić information content (AvgIpc) is 3.01. The van der Waals surface area contributed by atoms with E-state index in [4.69, 9.17) is 4.74 Å². The van der Waals surface area contributed by atoms with Gasteiger partial charge in [0.05, 0.1) is 12.8 Å². The Hall–Kier alpha value is -1.36. The van der Waals surface area contributed by atoms with Crippen molar-refractivity contribution in [1.82, 2.24) is 15.1 Å². The standard InChI is InChI=1S/C13H21N3O2/c1-4-18-13(17)12(15-11-5-6-11)10-7-14-16(8-10)9(2)3/h7-9,11-12,15H,4-6H2,1-3H3. The zero-order valence-corrected chi connectivity index (χ0v) is 11.2. The van der Waals surface area contributed by atoms with E-state index < -0.39 is 0 Å². The van der Waals surface area contributed by atoms with Crippen LogP contribution in [0.15, 0.2) is 12.4 Å². The van der Waals surface area contributed by atoms with Gasteiger partial charge in [0.2, 0.25) is 0 Å². The number of esters is 1. The van der Waals surface area contributed by atoms with E-state index in [2.05, 4.69) is 24.3 Å². The van der Waals surface area contributed by atoms with Crippen molar-refractivity contribution in [2.75, 3.05) is 6.61 Å². The van der Waals surface area contributed by atoms with Gasteiger partial charge in [0.15, 0.2) is 0 Å². The molecule has 1 atom stereocenters. The molecule has 5 heteroatoms. The van der Waals surface area contributed by atoms with Crippen LogP contribution in [0.2, 0.25) is 0 Å². The van der Waals surface area contributed by atoms with Gasteiger partial charge in [-0.05, 0) is 33.6 Å². The number of nitrogens with zero attached hydrogens (tertiary/aromatic N) is 2. The zero-order valence-electron chi connectivity index (χ0n) is 11.2. The molecule has 0 aliphatic heterocycles. The number of carbonyl (C=O) groups excluding carboxylic acids is 1. The summed E-state index contributed by atoms with van der Waals surface area (Å²) in [5.74, 6) is -0.215. The van der Waals surface area contributed by atoms with Crippen molar-refractivity contribution in [3.05, 3.63) is 18.0 Å². The molecule has 1 aliphatic carbocycles. The molecule has 0 amide bonds. The Labute approximate surface area is 108 Å². The number of nitrogens with one attached hydrogen (secondary N) is 1. The van der Waals surface area contributed by atoms with Crippen molar-refractivity contribution < 1.29 is 9.53 Å². The van der Waals surface area contributed by atoms with Gasteiger partial charge in [0.1, 0.15) is 6.04 Å². The van der Waals surface area contributed by atoms with Gasteiger partial charge in [-0.1, -0.05) is 0 Å². The molecule has 1 saturated carbocycles. The summed E-state index contributed by atoms with van der Waals surface area (Å²) >= 11 is 0. The predicted molar refractivity (Wildman–Crippen MR) is 68.1 cm³/mol. The van der Waals surface area contributed by atoms with E-state index in [9.17, 15) is 4.79 Å². The van der Waals surface area contributed by atoms with E-state index in [-0.39, 0.29) is 12.0 Å².